The molecule has 44 valence electrons. The fourth-order valence-corrected chi connectivity index (χ4v) is 0.387. The maximum atomic E-state index is 8.90. The van der Waals surface area contributed by atoms with E-state index >= 15 is 0 Å². The first-order valence-corrected chi connectivity index (χ1v) is 2.07. The Morgan fingerprint density at radius 1 is 2.25 bits per heavy atom. The molecule has 0 amide bonds. The van der Waals surface area contributed by atoms with Gasteiger partial charge in [0.25, 0.3) is 0 Å². The van der Waals surface area contributed by atoms with Gasteiger partial charge in [-0.25, -0.2) is 0 Å². The lowest BCUT2D eigenvalue weighted by molar-refractivity contribution is 0.281. The highest BCUT2D eigenvalue weighted by molar-refractivity contribution is 5.00. The summed E-state index contributed by atoms with van der Waals surface area (Å²) in [7, 11) is 1.41. The largest absolute Gasteiger partial charge is 0.392 e. The fourth-order valence-electron chi connectivity index (χ4n) is 0.387. The standard InChI is InChI=1S/C5H8N2O/c1-7-3-5(4-8)2-6-7/h2-3,8H,4H2,1H3/i2D,3D,4D2. The van der Waals surface area contributed by atoms with Gasteiger partial charge < -0.3 is 5.11 Å². The molecule has 0 spiro atoms. The van der Waals surface area contributed by atoms with E-state index in [0.717, 1.165) is 4.68 Å². The van der Waals surface area contributed by atoms with Crippen molar-refractivity contribution in [3.8, 4) is 0 Å². The number of rotatable bonds is 1. The zero-order valence-corrected chi connectivity index (χ0v) is 4.34. The van der Waals surface area contributed by atoms with Gasteiger partial charge in [0.15, 0.2) is 0 Å². The van der Waals surface area contributed by atoms with Crippen molar-refractivity contribution in [1.82, 2.24) is 9.78 Å². The molecule has 0 fully saturated rings. The molecule has 1 N–H and O–H groups in total. The van der Waals surface area contributed by atoms with Crippen LogP contribution in [0.3, 0.4) is 0 Å². The molecule has 0 aromatic carbocycles. The summed E-state index contributed by atoms with van der Waals surface area (Å²) in [6, 6.07) is 0. The van der Waals surface area contributed by atoms with Gasteiger partial charge in [-0.05, 0) is 0 Å². The summed E-state index contributed by atoms with van der Waals surface area (Å²) in [5.74, 6) is 0. The molecule has 0 saturated heterocycles. The lowest BCUT2D eigenvalue weighted by atomic mass is 10.4. The van der Waals surface area contributed by atoms with E-state index in [1.54, 1.807) is 0 Å². The Hall–Kier alpha value is -0.830. The predicted molar refractivity (Wildman–Crippen MR) is 29.1 cm³/mol. The van der Waals surface area contributed by atoms with Crippen LogP contribution in [0.4, 0.5) is 0 Å². The van der Waals surface area contributed by atoms with Crippen molar-refractivity contribution in [2.24, 2.45) is 7.05 Å². The molecule has 0 aliphatic carbocycles. The summed E-state index contributed by atoms with van der Waals surface area (Å²) >= 11 is 0. The van der Waals surface area contributed by atoms with Crippen LogP contribution in [0.25, 0.3) is 0 Å². The summed E-state index contributed by atoms with van der Waals surface area (Å²) in [4.78, 5) is 0. The molecule has 0 radical (unpaired) electrons. The van der Waals surface area contributed by atoms with Gasteiger partial charge in [0.05, 0.1) is 18.2 Å². The maximum Gasteiger partial charge on any atom is 0.0864 e. The number of hydrogen-bond donors (Lipinski definition) is 1. The van der Waals surface area contributed by atoms with Crippen LogP contribution in [-0.2, 0) is 13.6 Å². The van der Waals surface area contributed by atoms with Gasteiger partial charge in [-0.2, -0.15) is 5.10 Å². The minimum Gasteiger partial charge on any atom is -0.392 e. The van der Waals surface area contributed by atoms with Crippen LogP contribution in [0.2, 0.25) is 0 Å². The molecule has 0 aliphatic heterocycles. The lowest BCUT2D eigenvalue weighted by Crippen LogP contribution is -1.84. The van der Waals surface area contributed by atoms with Crippen molar-refractivity contribution in [2.75, 3.05) is 0 Å². The first-order chi connectivity index (χ1) is 5.34. The minimum atomic E-state index is -2.66. The molecule has 0 saturated carbocycles. The third-order valence-corrected chi connectivity index (χ3v) is 0.697. The van der Waals surface area contributed by atoms with Gasteiger partial charge in [0, 0.05) is 18.8 Å². The number of aromatic nitrogens is 2. The van der Waals surface area contributed by atoms with E-state index in [1.807, 2.05) is 0 Å². The number of aliphatic hydroxyl groups is 1. The van der Waals surface area contributed by atoms with Crippen molar-refractivity contribution >= 4 is 0 Å². The SMILES string of the molecule is [2H]c1nn(C)c([2H])c1C([2H])([2H])O. The van der Waals surface area contributed by atoms with Crippen LogP contribution in [0.5, 0.6) is 0 Å². The Kier molecular flexibility index (Phi) is 0.536. The zero-order valence-electron chi connectivity index (χ0n) is 8.34. The summed E-state index contributed by atoms with van der Waals surface area (Å²) < 4.78 is 29.2. The molecule has 3 heteroatoms. The van der Waals surface area contributed by atoms with Gasteiger partial charge >= 0.3 is 0 Å². The Balaban J connectivity index is 3.32. The molecule has 0 aliphatic rings. The number of hydrogen-bond acceptors (Lipinski definition) is 2. The monoisotopic (exact) mass is 116 g/mol. The zero-order chi connectivity index (χ0) is 9.52. The molecular weight excluding hydrogens is 104 g/mol. The third-order valence-electron chi connectivity index (χ3n) is 0.697. The van der Waals surface area contributed by atoms with Crippen LogP contribution in [0.15, 0.2) is 12.3 Å². The van der Waals surface area contributed by atoms with E-state index in [0.29, 0.717) is 0 Å². The molecule has 1 aromatic rings. The molecule has 3 nitrogen and oxygen atoms in total. The fraction of sp³-hybridized carbons (Fsp3) is 0.400. The van der Waals surface area contributed by atoms with E-state index in [2.05, 4.69) is 5.10 Å². The topological polar surface area (TPSA) is 38.0 Å². The van der Waals surface area contributed by atoms with E-state index in [1.165, 1.54) is 7.05 Å². The number of aryl methyl sites for hydroxylation is 1. The smallest absolute Gasteiger partial charge is 0.0864 e. The highest BCUT2D eigenvalue weighted by Gasteiger charge is 1.89. The molecule has 1 aromatic heterocycles. The van der Waals surface area contributed by atoms with Crippen LogP contribution in [0, 0.1) is 0 Å². The summed E-state index contributed by atoms with van der Waals surface area (Å²) in [6.07, 6.45) is -0.692. The Morgan fingerprint density at radius 3 is 3.25 bits per heavy atom. The van der Waals surface area contributed by atoms with Crippen LogP contribution in [0.1, 0.15) is 11.0 Å². The van der Waals surface area contributed by atoms with Crippen molar-refractivity contribution in [3.05, 3.63) is 17.9 Å². The average Bonchev–Trinajstić information content (AvgIpc) is 2.05. The van der Waals surface area contributed by atoms with Crippen molar-refractivity contribution in [3.63, 3.8) is 0 Å². The number of nitrogens with zero attached hydrogens (tertiary/aromatic N) is 2. The Morgan fingerprint density at radius 2 is 3.00 bits per heavy atom. The first-order valence-electron chi connectivity index (χ1n) is 4.07. The summed E-state index contributed by atoms with van der Waals surface area (Å²) in [5.41, 5.74) is -0.398. The van der Waals surface area contributed by atoms with Gasteiger partial charge in [-0.1, -0.05) is 0 Å². The van der Waals surface area contributed by atoms with Gasteiger partial charge in [-0.15, -0.1) is 0 Å². The van der Waals surface area contributed by atoms with Crippen molar-refractivity contribution in [2.45, 2.75) is 6.56 Å². The second kappa shape index (κ2) is 1.96. The van der Waals surface area contributed by atoms with E-state index in [9.17, 15) is 0 Å². The predicted octanol–water partition coefficient (Wildman–Crippen LogP) is -0.0876. The molecule has 0 bridgehead atoms. The molecular formula is C5H8N2O. The molecule has 0 atom stereocenters. The van der Waals surface area contributed by atoms with Crippen LogP contribution in [-0.4, -0.2) is 14.9 Å². The lowest BCUT2D eigenvalue weighted by Gasteiger charge is -1.81. The normalized spacial score (nSPS) is 18.8. The highest BCUT2D eigenvalue weighted by atomic mass is 16.3. The summed E-state index contributed by atoms with van der Waals surface area (Å²) in [6.45, 7) is -2.66. The average molecular weight is 116 g/mol. The second-order valence-electron chi connectivity index (χ2n) is 1.33. The third kappa shape index (κ3) is 0.869. The molecule has 8 heavy (non-hydrogen) atoms. The highest BCUT2D eigenvalue weighted by Crippen LogP contribution is 1.92. The molecule has 1 rings (SSSR count). The van der Waals surface area contributed by atoms with E-state index in [-0.39, 0.29) is 6.17 Å². The van der Waals surface area contributed by atoms with E-state index in [4.69, 9.17) is 10.6 Å². The minimum absolute atomic E-state index is 0.285. The van der Waals surface area contributed by atoms with Gasteiger partial charge in [0.1, 0.15) is 0 Å². The first kappa shape index (κ1) is 2.19. The van der Waals surface area contributed by atoms with Crippen molar-refractivity contribution in [1.29, 1.82) is 0 Å². The van der Waals surface area contributed by atoms with Crippen molar-refractivity contribution < 1.29 is 10.6 Å². The van der Waals surface area contributed by atoms with Gasteiger partial charge in [-0.3, -0.25) is 4.68 Å². The Bertz CT molecular complexity index is 303. The Labute approximate surface area is 53.2 Å². The second-order valence-corrected chi connectivity index (χ2v) is 1.33. The quantitative estimate of drug-likeness (QED) is 0.557. The molecule has 1 heterocycles. The maximum absolute atomic E-state index is 8.90. The van der Waals surface area contributed by atoms with Crippen LogP contribution >= 0.6 is 0 Å². The van der Waals surface area contributed by atoms with E-state index < -0.39 is 18.3 Å². The summed E-state index contributed by atoms with van der Waals surface area (Å²) in [5, 5.41) is 12.4. The van der Waals surface area contributed by atoms with Gasteiger partial charge in [0.2, 0.25) is 0 Å². The van der Waals surface area contributed by atoms with Crippen LogP contribution < -0.4 is 0 Å². The molecule has 0 unspecified atom stereocenters.